The van der Waals surface area contributed by atoms with Crippen molar-refractivity contribution in [2.24, 2.45) is 11.7 Å². The van der Waals surface area contributed by atoms with Crippen molar-refractivity contribution in [2.75, 3.05) is 13.1 Å². The molecule has 0 aliphatic heterocycles. The lowest BCUT2D eigenvalue weighted by Gasteiger charge is -2.19. The first-order valence-electron chi connectivity index (χ1n) is 7.55. The lowest BCUT2D eigenvalue weighted by atomic mass is 10.1. The van der Waals surface area contributed by atoms with Gasteiger partial charge in [0.1, 0.15) is 6.04 Å². The van der Waals surface area contributed by atoms with E-state index in [4.69, 9.17) is 10.8 Å². The van der Waals surface area contributed by atoms with Gasteiger partial charge in [-0.25, -0.2) is 4.98 Å². The lowest BCUT2D eigenvalue weighted by molar-refractivity contribution is -0.138. The van der Waals surface area contributed by atoms with Crippen LogP contribution in [0.25, 0.3) is 0 Å². The van der Waals surface area contributed by atoms with Crippen molar-refractivity contribution in [1.82, 2.24) is 14.9 Å². The van der Waals surface area contributed by atoms with Gasteiger partial charge in [0.25, 0.3) is 0 Å². The molecule has 1 amide bonds. The third-order valence-electron chi connectivity index (χ3n) is 3.01. The largest absolute Gasteiger partial charge is 0.480 e. The summed E-state index contributed by atoms with van der Waals surface area (Å²) in [6, 6.07) is -0.851. The monoisotopic (exact) mass is 312 g/mol. The average Bonchev–Trinajstić information content (AvgIpc) is 2.92. The van der Waals surface area contributed by atoms with Crippen molar-refractivity contribution in [3.8, 4) is 0 Å². The Balaban J connectivity index is 0.000000401. The molecule has 22 heavy (non-hydrogen) atoms. The number of carboxylic acids is 1. The first-order chi connectivity index (χ1) is 10.3. The van der Waals surface area contributed by atoms with E-state index in [-0.39, 0.29) is 12.3 Å². The van der Waals surface area contributed by atoms with Gasteiger partial charge in [0.2, 0.25) is 5.91 Å². The summed E-state index contributed by atoms with van der Waals surface area (Å²) >= 11 is 0. The molecule has 0 aliphatic rings. The van der Waals surface area contributed by atoms with Crippen LogP contribution in [0.2, 0.25) is 0 Å². The second-order valence-corrected chi connectivity index (χ2v) is 5.39. The average molecular weight is 312 g/mol. The summed E-state index contributed by atoms with van der Waals surface area (Å²) in [5.74, 6) is -0.243. The molecule has 0 spiro atoms. The van der Waals surface area contributed by atoms with Crippen molar-refractivity contribution < 1.29 is 14.7 Å². The smallest absolute Gasteiger partial charge is 0.320 e. The quantitative estimate of drug-likeness (QED) is 0.701. The molecule has 4 N–H and O–H groups in total. The molecule has 0 radical (unpaired) electrons. The number of carboxylic acid groups (broad SMARTS) is 1. The van der Waals surface area contributed by atoms with E-state index < -0.39 is 12.0 Å². The maximum absolute atomic E-state index is 11.3. The molecule has 7 nitrogen and oxygen atoms in total. The number of H-pyrrole nitrogens is 1. The van der Waals surface area contributed by atoms with Crippen LogP contribution in [0.1, 0.15) is 39.8 Å². The summed E-state index contributed by atoms with van der Waals surface area (Å²) in [5, 5.41) is 8.42. The maximum atomic E-state index is 11.3. The molecule has 0 aromatic carbocycles. The number of carbonyl (C=O) groups excluding carboxylic acids is 1. The highest BCUT2D eigenvalue weighted by atomic mass is 16.4. The normalized spacial score (nSPS) is 11.5. The molecule has 0 fully saturated rings. The van der Waals surface area contributed by atoms with Crippen LogP contribution in [0.3, 0.4) is 0 Å². The molecular weight excluding hydrogens is 284 g/mol. The molecule has 1 aromatic heterocycles. The molecule has 7 heteroatoms. The van der Waals surface area contributed by atoms with Gasteiger partial charge < -0.3 is 20.7 Å². The van der Waals surface area contributed by atoms with Crippen molar-refractivity contribution in [2.45, 2.75) is 46.6 Å². The number of carbonyl (C=O) groups is 2. The zero-order valence-electron chi connectivity index (χ0n) is 13.9. The van der Waals surface area contributed by atoms with Crippen LogP contribution < -0.4 is 5.73 Å². The van der Waals surface area contributed by atoms with E-state index in [1.165, 1.54) is 6.33 Å². The van der Waals surface area contributed by atoms with E-state index in [2.05, 4.69) is 23.8 Å². The molecule has 1 aromatic rings. The van der Waals surface area contributed by atoms with E-state index in [1.54, 1.807) is 6.20 Å². The van der Waals surface area contributed by atoms with Crippen LogP contribution in [0.15, 0.2) is 12.5 Å². The highest BCUT2D eigenvalue weighted by molar-refractivity contribution is 5.76. The third-order valence-corrected chi connectivity index (χ3v) is 3.01. The summed E-state index contributed by atoms with van der Waals surface area (Å²) in [7, 11) is 0. The van der Waals surface area contributed by atoms with Gasteiger partial charge >= 0.3 is 5.97 Å². The molecule has 0 saturated heterocycles. The van der Waals surface area contributed by atoms with Crippen LogP contribution in [-0.4, -0.2) is 51.0 Å². The summed E-state index contributed by atoms with van der Waals surface area (Å²) < 4.78 is 0. The number of imidazole rings is 1. The van der Waals surface area contributed by atoms with Gasteiger partial charge in [0, 0.05) is 37.8 Å². The third kappa shape index (κ3) is 8.41. The molecule has 0 unspecified atom stereocenters. The fraction of sp³-hybridized carbons (Fsp3) is 0.667. The number of hydrogen-bond acceptors (Lipinski definition) is 4. The van der Waals surface area contributed by atoms with Crippen molar-refractivity contribution >= 4 is 11.9 Å². The fourth-order valence-corrected chi connectivity index (χ4v) is 1.78. The van der Waals surface area contributed by atoms with Crippen LogP contribution >= 0.6 is 0 Å². The summed E-state index contributed by atoms with van der Waals surface area (Å²) in [5.41, 5.74) is 6.00. The summed E-state index contributed by atoms with van der Waals surface area (Å²) in [6.07, 6.45) is 4.02. The van der Waals surface area contributed by atoms with Crippen LogP contribution in [0.5, 0.6) is 0 Å². The van der Waals surface area contributed by atoms with Crippen molar-refractivity contribution in [3.05, 3.63) is 18.2 Å². The number of rotatable bonds is 7. The zero-order valence-corrected chi connectivity index (χ0v) is 13.9. The molecule has 1 heterocycles. The number of aromatic amines is 1. The van der Waals surface area contributed by atoms with Crippen LogP contribution in [0.4, 0.5) is 0 Å². The van der Waals surface area contributed by atoms with E-state index in [9.17, 15) is 9.59 Å². The second-order valence-electron chi connectivity index (χ2n) is 5.39. The molecule has 1 atom stereocenters. The van der Waals surface area contributed by atoms with Gasteiger partial charge in [-0.1, -0.05) is 13.8 Å². The molecule has 0 aliphatic carbocycles. The Morgan fingerprint density at radius 2 is 1.95 bits per heavy atom. The number of nitrogens with one attached hydrogen (secondary N) is 1. The van der Waals surface area contributed by atoms with Gasteiger partial charge in [0.15, 0.2) is 0 Å². The number of hydrogen-bond donors (Lipinski definition) is 3. The Hall–Kier alpha value is -1.89. The second kappa shape index (κ2) is 10.8. The minimum Gasteiger partial charge on any atom is -0.480 e. The number of nitrogens with two attached hydrogens (primary N) is 1. The lowest BCUT2D eigenvalue weighted by Crippen LogP contribution is -2.32. The minimum absolute atomic E-state index is 0.282. The van der Waals surface area contributed by atoms with E-state index in [0.717, 1.165) is 18.8 Å². The molecule has 0 saturated carbocycles. The van der Waals surface area contributed by atoms with Crippen LogP contribution in [-0.2, 0) is 16.0 Å². The van der Waals surface area contributed by atoms with Crippen LogP contribution in [0, 0.1) is 5.92 Å². The van der Waals surface area contributed by atoms with Crippen molar-refractivity contribution in [3.63, 3.8) is 0 Å². The maximum Gasteiger partial charge on any atom is 0.320 e. The summed E-state index contributed by atoms with van der Waals surface area (Å²) in [4.78, 5) is 30.0. The van der Waals surface area contributed by atoms with E-state index in [1.807, 2.05) is 18.7 Å². The van der Waals surface area contributed by atoms with Gasteiger partial charge in [-0.3, -0.25) is 9.59 Å². The molecule has 0 bridgehead atoms. The van der Waals surface area contributed by atoms with E-state index in [0.29, 0.717) is 12.3 Å². The Labute approximate surface area is 131 Å². The SMILES string of the molecule is CCN(CC)C(=O)CC(C)C.N[C@@H](Cc1cnc[nH]1)C(=O)O. The predicted octanol–water partition coefficient (Wildman–Crippen LogP) is 1.27. The van der Waals surface area contributed by atoms with Gasteiger partial charge in [-0.05, 0) is 19.8 Å². The first-order valence-corrected chi connectivity index (χ1v) is 7.55. The zero-order chi connectivity index (χ0) is 17.1. The Morgan fingerprint density at radius 1 is 1.36 bits per heavy atom. The van der Waals surface area contributed by atoms with Gasteiger partial charge in [-0.15, -0.1) is 0 Å². The Morgan fingerprint density at radius 3 is 2.32 bits per heavy atom. The van der Waals surface area contributed by atoms with Gasteiger partial charge in [-0.2, -0.15) is 0 Å². The minimum atomic E-state index is -1.00. The summed E-state index contributed by atoms with van der Waals surface area (Å²) in [6.45, 7) is 9.84. The number of aliphatic carboxylic acids is 1. The number of nitrogens with zero attached hydrogens (tertiary/aromatic N) is 2. The molecular formula is C15H28N4O3. The highest BCUT2D eigenvalue weighted by Crippen LogP contribution is 2.03. The fourth-order valence-electron chi connectivity index (χ4n) is 1.78. The highest BCUT2D eigenvalue weighted by Gasteiger charge is 2.12. The Bertz CT molecular complexity index is 428. The molecule has 1 rings (SSSR count). The predicted molar refractivity (Wildman–Crippen MR) is 85.3 cm³/mol. The standard InChI is InChI=1S/C9H19NO.C6H9N3O2/c1-5-10(6-2)9(11)7-8(3)4;7-5(6(10)11)1-4-2-8-3-9-4/h8H,5-7H2,1-4H3;2-3,5H,1,7H2,(H,8,9)(H,10,11)/t;5-/m.0/s1. The molecule has 126 valence electrons. The van der Waals surface area contributed by atoms with Gasteiger partial charge in [0.05, 0.1) is 6.33 Å². The van der Waals surface area contributed by atoms with Crippen molar-refractivity contribution in [1.29, 1.82) is 0 Å². The number of aromatic nitrogens is 2. The topological polar surface area (TPSA) is 112 Å². The van der Waals surface area contributed by atoms with E-state index >= 15 is 0 Å². The number of amides is 1. The first kappa shape index (κ1) is 20.1. The Kier molecular flexibility index (Phi) is 9.86.